The first-order chi connectivity index (χ1) is 9.68. The van der Waals surface area contributed by atoms with E-state index in [1.807, 2.05) is 19.9 Å². The average molecular weight is 359 g/mol. The van der Waals surface area contributed by atoms with Crippen LogP contribution < -0.4 is 0 Å². The van der Waals surface area contributed by atoms with Crippen molar-refractivity contribution >= 4 is 15.9 Å². The lowest BCUT2D eigenvalue weighted by molar-refractivity contribution is -0.138. The Morgan fingerprint density at radius 2 is 1.52 bits per heavy atom. The van der Waals surface area contributed by atoms with Crippen LogP contribution in [0.1, 0.15) is 33.9 Å². The summed E-state index contributed by atoms with van der Waals surface area (Å²) in [5.41, 5.74) is 1.93. The standard InChI is InChI=1S/C16H14BrF3O/c1-9-5-10(2)7-12(6-9)15(21)11-3-4-14(17)13(8-11)16(18,19)20/h3-8,15,21H,1-2H3. The molecule has 0 aliphatic carbocycles. The Morgan fingerprint density at radius 1 is 0.952 bits per heavy atom. The van der Waals surface area contributed by atoms with Crippen molar-refractivity contribution in [2.45, 2.75) is 26.1 Å². The molecule has 0 radical (unpaired) electrons. The quantitative estimate of drug-likeness (QED) is 0.785. The number of halogens is 4. The van der Waals surface area contributed by atoms with Crippen LogP contribution in [0.25, 0.3) is 0 Å². The van der Waals surface area contributed by atoms with Gasteiger partial charge in [0.05, 0.1) is 5.56 Å². The van der Waals surface area contributed by atoms with Crippen LogP contribution in [0.4, 0.5) is 13.2 Å². The van der Waals surface area contributed by atoms with Gasteiger partial charge in [-0.15, -0.1) is 0 Å². The maximum atomic E-state index is 12.9. The Morgan fingerprint density at radius 3 is 2.05 bits per heavy atom. The van der Waals surface area contributed by atoms with Gasteiger partial charge in [-0.25, -0.2) is 0 Å². The Kier molecular flexibility index (Phi) is 4.44. The molecule has 112 valence electrons. The van der Waals surface area contributed by atoms with Crippen molar-refractivity contribution in [3.63, 3.8) is 0 Å². The molecule has 1 atom stereocenters. The molecular formula is C16H14BrF3O. The normalized spacial score (nSPS) is 13.3. The summed E-state index contributed by atoms with van der Waals surface area (Å²) in [5.74, 6) is 0. The maximum absolute atomic E-state index is 12.9. The molecule has 0 aliphatic rings. The third-order valence-electron chi connectivity index (χ3n) is 3.17. The van der Waals surface area contributed by atoms with Crippen molar-refractivity contribution in [3.8, 4) is 0 Å². The van der Waals surface area contributed by atoms with E-state index >= 15 is 0 Å². The van der Waals surface area contributed by atoms with E-state index in [-0.39, 0.29) is 10.0 Å². The molecule has 0 spiro atoms. The number of aryl methyl sites for hydroxylation is 2. The minimum Gasteiger partial charge on any atom is -0.384 e. The van der Waals surface area contributed by atoms with Crippen LogP contribution in [0.5, 0.6) is 0 Å². The first-order valence-corrected chi connectivity index (χ1v) is 7.10. The lowest BCUT2D eigenvalue weighted by Gasteiger charge is -2.16. The average Bonchev–Trinajstić information content (AvgIpc) is 2.36. The highest BCUT2D eigenvalue weighted by Gasteiger charge is 2.33. The van der Waals surface area contributed by atoms with Crippen LogP contribution >= 0.6 is 15.9 Å². The van der Waals surface area contributed by atoms with Crippen molar-refractivity contribution in [2.24, 2.45) is 0 Å². The van der Waals surface area contributed by atoms with Crippen molar-refractivity contribution in [2.75, 3.05) is 0 Å². The van der Waals surface area contributed by atoms with Gasteiger partial charge in [0.25, 0.3) is 0 Å². The van der Waals surface area contributed by atoms with E-state index in [2.05, 4.69) is 15.9 Å². The van der Waals surface area contributed by atoms with Crippen molar-refractivity contribution in [1.82, 2.24) is 0 Å². The summed E-state index contributed by atoms with van der Waals surface area (Å²) in [7, 11) is 0. The third kappa shape index (κ3) is 3.66. The highest BCUT2D eigenvalue weighted by atomic mass is 79.9. The number of benzene rings is 2. The minimum absolute atomic E-state index is 0.0358. The fourth-order valence-corrected chi connectivity index (χ4v) is 2.76. The molecule has 0 heterocycles. The summed E-state index contributed by atoms with van der Waals surface area (Å²) >= 11 is 2.89. The molecule has 1 N–H and O–H groups in total. The minimum atomic E-state index is -4.46. The van der Waals surface area contributed by atoms with E-state index in [0.717, 1.165) is 17.2 Å². The predicted octanol–water partition coefficient (Wildman–Crippen LogP) is 5.17. The molecule has 0 amide bonds. The smallest absolute Gasteiger partial charge is 0.384 e. The van der Waals surface area contributed by atoms with Crippen LogP contribution in [0.3, 0.4) is 0 Å². The van der Waals surface area contributed by atoms with E-state index in [1.54, 1.807) is 12.1 Å². The van der Waals surface area contributed by atoms with Crippen molar-refractivity contribution < 1.29 is 18.3 Å². The van der Waals surface area contributed by atoms with Gasteiger partial charge in [-0.1, -0.05) is 51.3 Å². The first-order valence-electron chi connectivity index (χ1n) is 6.31. The molecule has 0 fully saturated rings. The summed E-state index contributed by atoms with van der Waals surface area (Å²) in [6, 6.07) is 9.26. The van der Waals surface area contributed by atoms with E-state index < -0.39 is 17.8 Å². The Balaban J connectivity index is 2.46. The molecule has 0 aliphatic heterocycles. The monoisotopic (exact) mass is 358 g/mol. The van der Waals surface area contributed by atoms with Gasteiger partial charge in [-0.05, 0) is 37.1 Å². The predicted molar refractivity (Wildman–Crippen MR) is 79.1 cm³/mol. The molecule has 1 unspecified atom stereocenters. The molecule has 0 bridgehead atoms. The van der Waals surface area contributed by atoms with Crippen LogP contribution in [-0.4, -0.2) is 5.11 Å². The van der Waals surface area contributed by atoms with Gasteiger partial charge in [-0.2, -0.15) is 13.2 Å². The zero-order valence-electron chi connectivity index (χ0n) is 11.5. The Hall–Kier alpha value is -1.33. The third-order valence-corrected chi connectivity index (χ3v) is 3.86. The molecule has 2 rings (SSSR count). The van der Waals surface area contributed by atoms with Gasteiger partial charge in [0.1, 0.15) is 6.10 Å². The van der Waals surface area contributed by atoms with Crippen LogP contribution in [0.15, 0.2) is 40.9 Å². The van der Waals surface area contributed by atoms with Gasteiger partial charge in [0.2, 0.25) is 0 Å². The zero-order chi connectivity index (χ0) is 15.8. The SMILES string of the molecule is Cc1cc(C)cc(C(O)c2ccc(Br)c(C(F)(F)F)c2)c1. The van der Waals surface area contributed by atoms with Gasteiger partial charge < -0.3 is 5.11 Å². The van der Waals surface area contributed by atoms with Gasteiger partial charge >= 0.3 is 6.18 Å². The summed E-state index contributed by atoms with van der Waals surface area (Å²) in [6.45, 7) is 3.76. The molecule has 2 aromatic rings. The number of rotatable bonds is 2. The number of aliphatic hydroxyl groups is 1. The fourth-order valence-electron chi connectivity index (χ4n) is 2.29. The van der Waals surface area contributed by atoms with Crippen molar-refractivity contribution in [3.05, 3.63) is 68.7 Å². The molecular weight excluding hydrogens is 345 g/mol. The number of hydrogen-bond acceptors (Lipinski definition) is 1. The van der Waals surface area contributed by atoms with Crippen LogP contribution in [-0.2, 0) is 6.18 Å². The molecule has 0 saturated heterocycles. The van der Waals surface area contributed by atoms with Gasteiger partial charge in [0.15, 0.2) is 0 Å². The summed E-state index contributed by atoms with van der Waals surface area (Å²) in [5, 5.41) is 10.3. The first kappa shape index (κ1) is 16.0. The molecule has 21 heavy (non-hydrogen) atoms. The molecule has 2 aromatic carbocycles. The molecule has 1 nitrogen and oxygen atoms in total. The number of aliphatic hydroxyl groups excluding tert-OH is 1. The van der Waals surface area contributed by atoms with E-state index in [0.29, 0.717) is 5.56 Å². The fraction of sp³-hybridized carbons (Fsp3) is 0.250. The Labute approximate surface area is 129 Å². The lowest BCUT2D eigenvalue weighted by atomic mass is 9.97. The topological polar surface area (TPSA) is 20.2 Å². The summed E-state index contributed by atoms with van der Waals surface area (Å²) in [4.78, 5) is 0. The maximum Gasteiger partial charge on any atom is 0.417 e. The summed E-state index contributed by atoms with van der Waals surface area (Å²) < 4.78 is 38.7. The second kappa shape index (κ2) is 5.81. The second-order valence-electron chi connectivity index (χ2n) is 5.06. The van der Waals surface area contributed by atoms with Crippen LogP contribution in [0, 0.1) is 13.8 Å². The van der Waals surface area contributed by atoms with E-state index in [9.17, 15) is 18.3 Å². The van der Waals surface area contributed by atoms with E-state index in [4.69, 9.17) is 0 Å². The molecule has 0 aromatic heterocycles. The highest BCUT2D eigenvalue weighted by molar-refractivity contribution is 9.10. The van der Waals surface area contributed by atoms with Crippen LogP contribution in [0.2, 0.25) is 0 Å². The van der Waals surface area contributed by atoms with E-state index in [1.165, 1.54) is 12.1 Å². The second-order valence-corrected chi connectivity index (χ2v) is 5.91. The number of alkyl halides is 3. The summed E-state index contributed by atoms with van der Waals surface area (Å²) in [6.07, 6.45) is -5.55. The number of hydrogen-bond donors (Lipinski definition) is 1. The zero-order valence-corrected chi connectivity index (χ0v) is 13.1. The molecule has 0 saturated carbocycles. The Bertz CT molecular complexity index is 645. The lowest BCUT2D eigenvalue weighted by Crippen LogP contribution is -2.09. The highest BCUT2D eigenvalue weighted by Crippen LogP contribution is 2.37. The van der Waals surface area contributed by atoms with Crippen molar-refractivity contribution in [1.29, 1.82) is 0 Å². The largest absolute Gasteiger partial charge is 0.417 e. The van der Waals surface area contributed by atoms with Gasteiger partial charge in [0, 0.05) is 4.47 Å². The van der Waals surface area contributed by atoms with Gasteiger partial charge in [-0.3, -0.25) is 0 Å². The molecule has 5 heteroatoms.